The lowest BCUT2D eigenvalue weighted by atomic mass is 10.0. The zero-order valence-corrected chi connectivity index (χ0v) is 7.38. The SMILES string of the molecule is CC(C)N1C[C@@H](O)C2(CC2)C1. The third-order valence-electron chi connectivity index (χ3n) is 3.25. The Morgan fingerprint density at radius 3 is 2.36 bits per heavy atom. The number of hydrogen-bond donors (Lipinski definition) is 1. The van der Waals surface area contributed by atoms with Crippen LogP contribution in [0.3, 0.4) is 0 Å². The summed E-state index contributed by atoms with van der Waals surface area (Å²) in [5.74, 6) is 0. The summed E-state index contributed by atoms with van der Waals surface area (Å²) in [5.41, 5.74) is 0.338. The molecule has 1 N–H and O–H groups in total. The Morgan fingerprint density at radius 1 is 1.45 bits per heavy atom. The largest absolute Gasteiger partial charge is 0.391 e. The minimum Gasteiger partial charge on any atom is -0.391 e. The Labute approximate surface area is 68.2 Å². The van der Waals surface area contributed by atoms with Gasteiger partial charge in [-0.1, -0.05) is 0 Å². The van der Waals surface area contributed by atoms with Crippen LogP contribution < -0.4 is 0 Å². The molecule has 1 aliphatic carbocycles. The van der Waals surface area contributed by atoms with Crippen molar-refractivity contribution in [1.29, 1.82) is 0 Å². The maximum Gasteiger partial charge on any atom is 0.0735 e. The van der Waals surface area contributed by atoms with Crippen molar-refractivity contribution in [2.45, 2.75) is 38.8 Å². The lowest BCUT2D eigenvalue weighted by Gasteiger charge is -2.19. The van der Waals surface area contributed by atoms with Gasteiger partial charge in [0.1, 0.15) is 0 Å². The average molecular weight is 155 g/mol. The summed E-state index contributed by atoms with van der Waals surface area (Å²) in [6.07, 6.45) is 2.46. The molecule has 2 nitrogen and oxygen atoms in total. The first-order valence-corrected chi connectivity index (χ1v) is 4.56. The molecular weight excluding hydrogens is 138 g/mol. The number of β-amino-alcohol motifs (C(OH)–C–C–N with tert-alkyl or cyclic N) is 1. The highest BCUT2D eigenvalue weighted by Crippen LogP contribution is 2.52. The second-order valence-electron chi connectivity index (χ2n) is 4.40. The summed E-state index contributed by atoms with van der Waals surface area (Å²) >= 11 is 0. The lowest BCUT2D eigenvalue weighted by molar-refractivity contribution is 0.129. The van der Waals surface area contributed by atoms with Gasteiger partial charge in [0, 0.05) is 24.5 Å². The van der Waals surface area contributed by atoms with Crippen molar-refractivity contribution >= 4 is 0 Å². The van der Waals surface area contributed by atoms with Gasteiger partial charge in [0.2, 0.25) is 0 Å². The van der Waals surface area contributed by atoms with Gasteiger partial charge < -0.3 is 5.11 Å². The van der Waals surface area contributed by atoms with E-state index >= 15 is 0 Å². The van der Waals surface area contributed by atoms with E-state index in [1.54, 1.807) is 0 Å². The molecule has 2 aliphatic rings. The molecule has 2 fully saturated rings. The Morgan fingerprint density at radius 2 is 2.09 bits per heavy atom. The van der Waals surface area contributed by atoms with Crippen LogP contribution in [0.4, 0.5) is 0 Å². The number of hydrogen-bond acceptors (Lipinski definition) is 2. The Kier molecular flexibility index (Phi) is 1.52. The predicted molar refractivity (Wildman–Crippen MR) is 44.4 cm³/mol. The lowest BCUT2D eigenvalue weighted by Crippen LogP contribution is -2.29. The standard InChI is InChI=1S/C9H17NO/c1-7(2)10-5-8(11)9(6-10)3-4-9/h7-8,11H,3-6H2,1-2H3/t8-/m1/s1. The third kappa shape index (κ3) is 1.09. The quantitative estimate of drug-likeness (QED) is 0.607. The average Bonchev–Trinajstić information content (AvgIpc) is 2.59. The predicted octanol–water partition coefficient (Wildman–Crippen LogP) is 0.852. The molecule has 1 atom stereocenters. The fourth-order valence-electron chi connectivity index (χ4n) is 2.04. The summed E-state index contributed by atoms with van der Waals surface area (Å²) in [6.45, 7) is 6.44. The van der Waals surface area contributed by atoms with Crippen LogP contribution in [0.15, 0.2) is 0 Å². The topological polar surface area (TPSA) is 23.5 Å². The van der Waals surface area contributed by atoms with Crippen molar-refractivity contribution in [2.24, 2.45) is 5.41 Å². The zero-order chi connectivity index (χ0) is 8.06. The number of aliphatic hydroxyl groups is 1. The number of nitrogens with zero attached hydrogens (tertiary/aromatic N) is 1. The minimum absolute atomic E-state index is 0.0371. The molecule has 1 saturated carbocycles. The van der Waals surface area contributed by atoms with Crippen molar-refractivity contribution in [1.82, 2.24) is 4.90 Å². The molecule has 11 heavy (non-hydrogen) atoms. The highest BCUT2D eigenvalue weighted by molar-refractivity contribution is 5.06. The number of likely N-dealkylation sites (tertiary alicyclic amines) is 1. The Balaban J connectivity index is 2.01. The van der Waals surface area contributed by atoms with Gasteiger partial charge in [0.15, 0.2) is 0 Å². The molecule has 0 amide bonds. The van der Waals surface area contributed by atoms with E-state index < -0.39 is 0 Å². The molecule has 0 bridgehead atoms. The Bertz CT molecular complexity index is 163. The first kappa shape index (κ1) is 7.56. The van der Waals surface area contributed by atoms with Gasteiger partial charge in [-0.2, -0.15) is 0 Å². The van der Waals surface area contributed by atoms with Crippen LogP contribution in [0.1, 0.15) is 26.7 Å². The van der Waals surface area contributed by atoms with E-state index in [0.29, 0.717) is 11.5 Å². The molecular formula is C9H17NO. The van der Waals surface area contributed by atoms with E-state index in [4.69, 9.17) is 0 Å². The number of aliphatic hydroxyl groups excluding tert-OH is 1. The minimum atomic E-state index is -0.0371. The molecule has 0 aromatic rings. The van der Waals surface area contributed by atoms with E-state index in [0.717, 1.165) is 13.1 Å². The van der Waals surface area contributed by atoms with E-state index in [-0.39, 0.29) is 6.10 Å². The fraction of sp³-hybridized carbons (Fsp3) is 1.00. The molecule has 0 radical (unpaired) electrons. The summed E-state index contributed by atoms with van der Waals surface area (Å²) in [4.78, 5) is 2.39. The molecule has 2 rings (SSSR count). The zero-order valence-electron chi connectivity index (χ0n) is 7.38. The summed E-state index contributed by atoms with van der Waals surface area (Å²) in [6, 6.07) is 0.602. The summed E-state index contributed by atoms with van der Waals surface area (Å²) in [7, 11) is 0. The monoisotopic (exact) mass is 155 g/mol. The normalized spacial score (nSPS) is 35.5. The van der Waals surface area contributed by atoms with Gasteiger partial charge in [-0.15, -0.1) is 0 Å². The van der Waals surface area contributed by atoms with Crippen molar-refractivity contribution < 1.29 is 5.11 Å². The van der Waals surface area contributed by atoms with Crippen molar-refractivity contribution in [3.05, 3.63) is 0 Å². The maximum absolute atomic E-state index is 9.70. The smallest absolute Gasteiger partial charge is 0.0735 e. The van der Waals surface area contributed by atoms with Gasteiger partial charge in [-0.3, -0.25) is 4.90 Å². The van der Waals surface area contributed by atoms with Crippen LogP contribution in [0, 0.1) is 5.41 Å². The molecule has 2 heteroatoms. The first-order chi connectivity index (χ1) is 5.14. The third-order valence-corrected chi connectivity index (χ3v) is 3.25. The molecule has 0 aromatic heterocycles. The van der Waals surface area contributed by atoms with Crippen LogP contribution in [0.2, 0.25) is 0 Å². The van der Waals surface area contributed by atoms with Crippen LogP contribution >= 0.6 is 0 Å². The van der Waals surface area contributed by atoms with Gasteiger partial charge >= 0.3 is 0 Å². The molecule has 1 spiro atoms. The molecule has 1 saturated heterocycles. The van der Waals surface area contributed by atoms with E-state index in [2.05, 4.69) is 18.7 Å². The van der Waals surface area contributed by atoms with E-state index in [1.807, 2.05) is 0 Å². The second kappa shape index (κ2) is 2.20. The fourth-order valence-corrected chi connectivity index (χ4v) is 2.04. The van der Waals surface area contributed by atoms with Gasteiger partial charge in [-0.05, 0) is 26.7 Å². The van der Waals surface area contributed by atoms with E-state index in [9.17, 15) is 5.11 Å². The molecule has 0 aromatic carbocycles. The maximum atomic E-state index is 9.70. The highest BCUT2D eigenvalue weighted by atomic mass is 16.3. The van der Waals surface area contributed by atoms with Crippen molar-refractivity contribution in [2.75, 3.05) is 13.1 Å². The molecule has 0 unspecified atom stereocenters. The van der Waals surface area contributed by atoms with Gasteiger partial charge in [0.25, 0.3) is 0 Å². The second-order valence-corrected chi connectivity index (χ2v) is 4.40. The van der Waals surface area contributed by atoms with Crippen LogP contribution in [0.5, 0.6) is 0 Å². The summed E-state index contributed by atoms with van der Waals surface area (Å²) < 4.78 is 0. The Hall–Kier alpha value is -0.0800. The van der Waals surface area contributed by atoms with E-state index in [1.165, 1.54) is 12.8 Å². The van der Waals surface area contributed by atoms with Gasteiger partial charge in [0.05, 0.1) is 6.10 Å². The van der Waals surface area contributed by atoms with Crippen molar-refractivity contribution in [3.63, 3.8) is 0 Å². The highest BCUT2D eigenvalue weighted by Gasteiger charge is 2.54. The number of rotatable bonds is 1. The van der Waals surface area contributed by atoms with Crippen LogP contribution in [-0.2, 0) is 0 Å². The molecule has 1 heterocycles. The van der Waals surface area contributed by atoms with Crippen molar-refractivity contribution in [3.8, 4) is 0 Å². The van der Waals surface area contributed by atoms with Crippen LogP contribution in [-0.4, -0.2) is 35.2 Å². The molecule has 1 aliphatic heterocycles. The summed E-state index contributed by atoms with van der Waals surface area (Å²) in [5, 5.41) is 9.70. The van der Waals surface area contributed by atoms with Crippen LogP contribution in [0.25, 0.3) is 0 Å². The molecule has 64 valence electrons. The first-order valence-electron chi connectivity index (χ1n) is 4.56. The van der Waals surface area contributed by atoms with Gasteiger partial charge in [-0.25, -0.2) is 0 Å².